The number of aliphatic hydroxyl groups excluding tert-OH is 1. The van der Waals surface area contributed by atoms with Crippen LogP contribution in [0, 0.1) is 0 Å². The van der Waals surface area contributed by atoms with Crippen LogP contribution in [0.15, 0.2) is 18.2 Å². The number of benzene rings is 1. The summed E-state index contributed by atoms with van der Waals surface area (Å²) in [5.41, 5.74) is 0. The van der Waals surface area contributed by atoms with Crippen molar-refractivity contribution in [2.45, 2.75) is 31.5 Å². The van der Waals surface area contributed by atoms with E-state index in [4.69, 9.17) is 14.2 Å². The minimum absolute atomic E-state index is 0.119. The van der Waals surface area contributed by atoms with Gasteiger partial charge < -0.3 is 19.3 Å². The summed E-state index contributed by atoms with van der Waals surface area (Å²) in [5, 5.41) is 9.72. The largest absolute Gasteiger partial charge is 0.496 e. The average molecular weight is 238 g/mol. The van der Waals surface area contributed by atoms with Gasteiger partial charge in [0.05, 0.1) is 20.3 Å². The number of rotatable bonds is 4. The summed E-state index contributed by atoms with van der Waals surface area (Å²) in [6, 6.07) is 5.39. The highest BCUT2D eigenvalue weighted by molar-refractivity contribution is 5.42. The number of aliphatic hydroxyl groups is 1. The van der Waals surface area contributed by atoms with Crippen LogP contribution in [0.1, 0.15) is 19.3 Å². The Hall–Kier alpha value is -1.42. The van der Waals surface area contributed by atoms with Crippen molar-refractivity contribution in [1.29, 1.82) is 0 Å². The van der Waals surface area contributed by atoms with Gasteiger partial charge in [-0.15, -0.1) is 0 Å². The summed E-state index contributed by atoms with van der Waals surface area (Å²) >= 11 is 0. The molecule has 0 radical (unpaired) electrons. The molecule has 1 aliphatic carbocycles. The molecular formula is C13H18O4. The van der Waals surface area contributed by atoms with Crippen molar-refractivity contribution in [3.8, 4) is 17.2 Å². The van der Waals surface area contributed by atoms with Crippen molar-refractivity contribution in [3.05, 3.63) is 18.2 Å². The molecule has 0 aliphatic heterocycles. The number of hydrogen-bond donors (Lipinski definition) is 1. The van der Waals surface area contributed by atoms with Gasteiger partial charge in [0.25, 0.3) is 0 Å². The Balaban J connectivity index is 2.14. The van der Waals surface area contributed by atoms with Gasteiger partial charge in [-0.2, -0.15) is 0 Å². The zero-order valence-corrected chi connectivity index (χ0v) is 10.2. The van der Waals surface area contributed by atoms with Crippen LogP contribution in [-0.2, 0) is 0 Å². The first-order valence-corrected chi connectivity index (χ1v) is 5.80. The monoisotopic (exact) mass is 238 g/mol. The molecule has 4 nitrogen and oxygen atoms in total. The van der Waals surface area contributed by atoms with Crippen LogP contribution < -0.4 is 14.2 Å². The molecule has 1 aliphatic rings. The van der Waals surface area contributed by atoms with Crippen LogP contribution >= 0.6 is 0 Å². The highest BCUT2D eigenvalue weighted by Gasteiger charge is 2.27. The average Bonchev–Trinajstić information content (AvgIpc) is 2.74. The third-order valence-electron chi connectivity index (χ3n) is 3.03. The molecule has 1 fully saturated rings. The standard InChI is InChI=1S/C13H18O4/c1-15-9-6-10(16-2)8-11(7-9)17-13-5-3-4-12(13)14/h6-8,12-14H,3-5H2,1-2H3/t12-,13-/m0/s1. The van der Waals surface area contributed by atoms with Crippen molar-refractivity contribution in [2.75, 3.05) is 14.2 Å². The van der Waals surface area contributed by atoms with E-state index in [1.807, 2.05) is 0 Å². The van der Waals surface area contributed by atoms with Crippen LogP contribution in [0.25, 0.3) is 0 Å². The molecule has 0 aromatic heterocycles. The van der Waals surface area contributed by atoms with Gasteiger partial charge in [-0.05, 0) is 19.3 Å². The summed E-state index contributed by atoms with van der Waals surface area (Å²) < 4.78 is 16.1. The maximum atomic E-state index is 9.72. The number of hydrogen-bond acceptors (Lipinski definition) is 4. The van der Waals surface area contributed by atoms with Crippen molar-refractivity contribution < 1.29 is 19.3 Å². The van der Waals surface area contributed by atoms with Crippen LogP contribution in [0.4, 0.5) is 0 Å². The Morgan fingerprint density at radius 2 is 1.59 bits per heavy atom. The third kappa shape index (κ3) is 2.82. The molecule has 0 saturated heterocycles. The molecule has 0 amide bonds. The van der Waals surface area contributed by atoms with Crippen LogP contribution in [0.2, 0.25) is 0 Å². The Morgan fingerprint density at radius 3 is 2.06 bits per heavy atom. The molecule has 0 unspecified atom stereocenters. The quantitative estimate of drug-likeness (QED) is 0.871. The minimum atomic E-state index is -0.368. The zero-order chi connectivity index (χ0) is 12.3. The van der Waals surface area contributed by atoms with Gasteiger partial charge in [-0.1, -0.05) is 0 Å². The lowest BCUT2D eigenvalue weighted by molar-refractivity contribution is 0.0601. The van der Waals surface area contributed by atoms with E-state index in [0.29, 0.717) is 17.2 Å². The van der Waals surface area contributed by atoms with Crippen LogP contribution in [0.3, 0.4) is 0 Å². The SMILES string of the molecule is COc1cc(OC)cc(O[C@H]2CCC[C@@H]2O)c1. The summed E-state index contributed by atoms with van der Waals surface area (Å²) in [6.45, 7) is 0. The molecule has 1 N–H and O–H groups in total. The number of ether oxygens (including phenoxy) is 3. The molecule has 0 spiro atoms. The van der Waals surface area contributed by atoms with E-state index >= 15 is 0 Å². The third-order valence-corrected chi connectivity index (χ3v) is 3.03. The Labute approximate surface area is 101 Å². The van der Waals surface area contributed by atoms with E-state index in [0.717, 1.165) is 19.3 Å². The summed E-state index contributed by atoms with van der Waals surface area (Å²) in [4.78, 5) is 0. The Kier molecular flexibility index (Phi) is 3.74. The summed E-state index contributed by atoms with van der Waals surface area (Å²) in [6.07, 6.45) is 2.22. The summed E-state index contributed by atoms with van der Waals surface area (Å²) in [5.74, 6) is 2.05. The van der Waals surface area contributed by atoms with E-state index in [2.05, 4.69) is 0 Å². The first kappa shape index (κ1) is 12.0. The fraction of sp³-hybridized carbons (Fsp3) is 0.538. The van der Waals surface area contributed by atoms with Crippen LogP contribution in [0.5, 0.6) is 17.2 Å². The van der Waals surface area contributed by atoms with Gasteiger partial charge in [0.1, 0.15) is 23.4 Å². The van der Waals surface area contributed by atoms with E-state index in [1.165, 1.54) is 0 Å². The molecule has 2 atom stereocenters. The maximum Gasteiger partial charge on any atom is 0.127 e. The molecule has 94 valence electrons. The Bertz CT molecular complexity index is 355. The zero-order valence-electron chi connectivity index (χ0n) is 10.2. The van der Waals surface area contributed by atoms with E-state index in [1.54, 1.807) is 32.4 Å². The molecule has 0 heterocycles. The molecule has 17 heavy (non-hydrogen) atoms. The second-order valence-corrected chi connectivity index (χ2v) is 4.20. The smallest absolute Gasteiger partial charge is 0.127 e. The Morgan fingerprint density at radius 1 is 1.00 bits per heavy atom. The maximum absolute atomic E-state index is 9.72. The lowest BCUT2D eigenvalue weighted by Crippen LogP contribution is -2.25. The van der Waals surface area contributed by atoms with E-state index in [-0.39, 0.29) is 12.2 Å². The van der Waals surface area contributed by atoms with Gasteiger partial charge in [-0.25, -0.2) is 0 Å². The van der Waals surface area contributed by atoms with Gasteiger partial charge >= 0.3 is 0 Å². The highest BCUT2D eigenvalue weighted by atomic mass is 16.5. The van der Waals surface area contributed by atoms with Gasteiger partial charge in [0.2, 0.25) is 0 Å². The van der Waals surface area contributed by atoms with E-state index in [9.17, 15) is 5.11 Å². The van der Waals surface area contributed by atoms with Gasteiger partial charge in [0.15, 0.2) is 0 Å². The van der Waals surface area contributed by atoms with Crippen molar-refractivity contribution in [2.24, 2.45) is 0 Å². The summed E-state index contributed by atoms with van der Waals surface area (Å²) in [7, 11) is 3.20. The van der Waals surface area contributed by atoms with Gasteiger partial charge in [-0.3, -0.25) is 0 Å². The predicted molar refractivity (Wildman–Crippen MR) is 63.8 cm³/mol. The molecule has 1 saturated carbocycles. The number of methoxy groups -OCH3 is 2. The molecule has 1 aromatic rings. The lowest BCUT2D eigenvalue weighted by atomic mass is 10.2. The lowest BCUT2D eigenvalue weighted by Gasteiger charge is -2.18. The molecule has 1 aromatic carbocycles. The van der Waals surface area contributed by atoms with Crippen molar-refractivity contribution in [3.63, 3.8) is 0 Å². The predicted octanol–water partition coefficient (Wildman–Crippen LogP) is 2.00. The first-order valence-electron chi connectivity index (χ1n) is 5.80. The van der Waals surface area contributed by atoms with Crippen molar-refractivity contribution >= 4 is 0 Å². The molecule has 2 rings (SSSR count). The van der Waals surface area contributed by atoms with Crippen molar-refractivity contribution in [1.82, 2.24) is 0 Å². The topological polar surface area (TPSA) is 47.9 Å². The second kappa shape index (κ2) is 5.27. The first-order chi connectivity index (χ1) is 8.22. The molecular weight excluding hydrogens is 220 g/mol. The fourth-order valence-electron chi connectivity index (χ4n) is 2.07. The fourth-order valence-corrected chi connectivity index (χ4v) is 2.07. The van der Waals surface area contributed by atoms with Crippen LogP contribution in [-0.4, -0.2) is 31.5 Å². The molecule has 4 heteroatoms. The normalized spacial score (nSPS) is 23.5. The van der Waals surface area contributed by atoms with Gasteiger partial charge in [0, 0.05) is 18.2 Å². The minimum Gasteiger partial charge on any atom is -0.496 e. The molecule has 0 bridgehead atoms. The second-order valence-electron chi connectivity index (χ2n) is 4.20. The van der Waals surface area contributed by atoms with E-state index < -0.39 is 0 Å². The highest BCUT2D eigenvalue weighted by Crippen LogP contribution is 2.31.